The standard InChI is InChI=1S/C12H24N2O2.ClH/c1-2-8-16-10-12(15)14-7-5-11-4-3-6-13-9-11;/h11,13H,2-10H2,1H3,(H,14,15);1H. The third-order valence-corrected chi connectivity index (χ3v) is 2.86. The van der Waals surface area contributed by atoms with Gasteiger partial charge in [-0.05, 0) is 44.7 Å². The molecule has 1 fully saturated rings. The Morgan fingerprint density at radius 1 is 1.53 bits per heavy atom. The number of hydrogen-bond acceptors (Lipinski definition) is 3. The fourth-order valence-corrected chi connectivity index (χ4v) is 1.95. The van der Waals surface area contributed by atoms with E-state index in [4.69, 9.17) is 4.74 Å². The maximum atomic E-state index is 11.3. The first-order valence-corrected chi connectivity index (χ1v) is 6.38. The van der Waals surface area contributed by atoms with Crippen molar-refractivity contribution >= 4 is 18.3 Å². The van der Waals surface area contributed by atoms with Crippen LogP contribution in [0.2, 0.25) is 0 Å². The lowest BCUT2D eigenvalue weighted by Gasteiger charge is -2.22. The zero-order chi connectivity index (χ0) is 11.6. The van der Waals surface area contributed by atoms with Crippen LogP contribution in [0.4, 0.5) is 0 Å². The highest BCUT2D eigenvalue weighted by molar-refractivity contribution is 5.85. The summed E-state index contributed by atoms with van der Waals surface area (Å²) in [6.07, 6.45) is 4.58. The SMILES string of the molecule is CCCOCC(=O)NCCC1CCCNC1.Cl. The van der Waals surface area contributed by atoms with E-state index in [0.717, 1.165) is 38.4 Å². The molecule has 1 amide bonds. The van der Waals surface area contributed by atoms with Crippen molar-refractivity contribution in [3.63, 3.8) is 0 Å². The van der Waals surface area contributed by atoms with Gasteiger partial charge in [0.25, 0.3) is 0 Å². The van der Waals surface area contributed by atoms with Gasteiger partial charge in [0.05, 0.1) is 0 Å². The van der Waals surface area contributed by atoms with Crippen molar-refractivity contribution in [2.45, 2.75) is 32.6 Å². The zero-order valence-corrected chi connectivity index (χ0v) is 11.5. The van der Waals surface area contributed by atoms with Crippen molar-refractivity contribution in [2.75, 3.05) is 32.8 Å². The number of ether oxygens (including phenoxy) is 1. The normalized spacial score (nSPS) is 19.5. The molecule has 5 heteroatoms. The number of nitrogens with one attached hydrogen (secondary N) is 2. The Balaban J connectivity index is 0.00000256. The van der Waals surface area contributed by atoms with Gasteiger partial charge >= 0.3 is 0 Å². The van der Waals surface area contributed by atoms with Crippen LogP contribution in [0.25, 0.3) is 0 Å². The molecule has 1 aliphatic heterocycles. The number of carbonyl (C=O) groups is 1. The van der Waals surface area contributed by atoms with E-state index in [0.29, 0.717) is 6.61 Å². The summed E-state index contributed by atoms with van der Waals surface area (Å²) in [6, 6.07) is 0. The predicted octanol–water partition coefficient (Wildman–Crippen LogP) is 1.34. The molecule has 1 aliphatic rings. The Labute approximate surface area is 110 Å². The minimum Gasteiger partial charge on any atom is -0.372 e. The summed E-state index contributed by atoms with van der Waals surface area (Å²) in [7, 11) is 0. The Bertz CT molecular complexity index is 197. The van der Waals surface area contributed by atoms with Crippen LogP contribution >= 0.6 is 12.4 Å². The maximum Gasteiger partial charge on any atom is 0.245 e. The molecule has 0 bridgehead atoms. The van der Waals surface area contributed by atoms with Crippen molar-refractivity contribution < 1.29 is 9.53 Å². The van der Waals surface area contributed by atoms with E-state index in [2.05, 4.69) is 10.6 Å². The molecule has 102 valence electrons. The fourth-order valence-electron chi connectivity index (χ4n) is 1.95. The summed E-state index contributed by atoms with van der Waals surface area (Å²) >= 11 is 0. The van der Waals surface area contributed by atoms with Gasteiger partial charge in [-0.2, -0.15) is 0 Å². The van der Waals surface area contributed by atoms with Gasteiger partial charge in [0.15, 0.2) is 0 Å². The van der Waals surface area contributed by atoms with Gasteiger partial charge < -0.3 is 15.4 Å². The minimum absolute atomic E-state index is 0. The Morgan fingerprint density at radius 2 is 2.35 bits per heavy atom. The van der Waals surface area contributed by atoms with Gasteiger partial charge in [0.2, 0.25) is 5.91 Å². The van der Waals surface area contributed by atoms with E-state index in [-0.39, 0.29) is 24.9 Å². The van der Waals surface area contributed by atoms with Crippen molar-refractivity contribution in [1.29, 1.82) is 0 Å². The first kappa shape index (κ1) is 16.7. The van der Waals surface area contributed by atoms with Crippen molar-refractivity contribution in [3.8, 4) is 0 Å². The monoisotopic (exact) mass is 264 g/mol. The molecular formula is C12H25ClN2O2. The fraction of sp³-hybridized carbons (Fsp3) is 0.917. The second-order valence-corrected chi connectivity index (χ2v) is 4.40. The smallest absolute Gasteiger partial charge is 0.245 e. The molecule has 0 saturated carbocycles. The number of piperidine rings is 1. The average molecular weight is 265 g/mol. The third kappa shape index (κ3) is 8.41. The number of amides is 1. The molecule has 1 unspecified atom stereocenters. The minimum atomic E-state index is 0. The number of rotatable bonds is 7. The second kappa shape index (κ2) is 10.8. The summed E-state index contributed by atoms with van der Waals surface area (Å²) in [5.74, 6) is 0.739. The molecular weight excluding hydrogens is 240 g/mol. The summed E-state index contributed by atoms with van der Waals surface area (Å²) < 4.78 is 5.16. The summed E-state index contributed by atoms with van der Waals surface area (Å²) in [5.41, 5.74) is 0. The number of halogens is 1. The molecule has 1 rings (SSSR count). The molecule has 0 aliphatic carbocycles. The summed E-state index contributed by atoms with van der Waals surface area (Å²) in [5, 5.41) is 6.27. The highest BCUT2D eigenvalue weighted by Crippen LogP contribution is 2.12. The van der Waals surface area contributed by atoms with E-state index in [1.54, 1.807) is 0 Å². The number of carbonyl (C=O) groups excluding carboxylic acids is 1. The highest BCUT2D eigenvalue weighted by atomic mass is 35.5. The van der Waals surface area contributed by atoms with E-state index >= 15 is 0 Å². The topological polar surface area (TPSA) is 50.4 Å². The molecule has 0 aromatic carbocycles. The molecule has 1 saturated heterocycles. The first-order valence-electron chi connectivity index (χ1n) is 6.38. The molecule has 0 aromatic rings. The van der Waals surface area contributed by atoms with Crippen molar-refractivity contribution in [3.05, 3.63) is 0 Å². The predicted molar refractivity (Wildman–Crippen MR) is 71.6 cm³/mol. The Kier molecular flexibility index (Phi) is 10.6. The van der Waals surface area contributed by atoms with Crippen LogP contribution in [-0.2, 0) is 9.53 Å². The quantitative estimate of drug-likeness (QED) is 0.683. The Hall–Kier alpha value is -0.320. The summed E-state index contributed by atoms with van der Waals surface area (Å²) in [6.45, 7) is 5.93. The van der Waals surface area contributed by atoms with Crippen LogP contribution < -0.4 is 10.6 Å². The Morgan fingerprint density at radius 3 is 3.00 bits per heavy atom. The van der Waals surface area contributed by atoms with Crippen LogP contribution in [-0.4, -0.2) is 38.8 Å². The molecule has 0 radical (unpaired) electrons. The van der Waals surface area contributed by atoms with Crippen LogP contribution in [0, 0.1) is 5.92 Å². The van der Waals surface area contributed by atoms with Crippen molar-refractivity contribution in [1.82, 2.24) is 10.6 Å². The average Bonchev–Trinajstić information content (AvgIpc) is 2.31. The first-order chi connectivity index (χ1) is 7.83. The largest absolute Gasteiger partial charge is 0.372 e. The zero-order valence-electron chi connectivity index (χ0n) is 10.7. The van der Waals surface area contributed by atoms with Crippen LogP contribution in [0.5, 0.6) is 0 Å². The lowest BCUT2D eigenvalue weighted by atomic mass is 9.96. The number of hydrogen-bond donors (Lipinski definition) is 2. The highest BCUT2D eigenvalue weighted by Gasteiger charge is 2.12. The summed E-state index contributed by atoms with van der Waals surface area (Å²) in [4.78, 5) is 11.3. The van der Waals surface area contributed by atoms with Crippen LogP contribution in [0.3, 0.4) is 0 Å². The molecule has 2 N–H and O–H groups in total. The molecule has 17 heavy (non-hydrogen) atoms. The second-order valence-electron chi connectivity index (χ2n) is 4.40. The van der Waals surface area contributed by atoms with Crippen LogP contribution in [0.15, 0.2) is 0 Å². The lowest BCUT2D eigenvalue weighted by Crippen LogP contribution is -2.34. The van der Waals surface area contributed by atoms with Gasteiger partial charge in [-0.15, -0.1) is 12.4 Å². The van der Waals surface area contributed by atoms with Gasteiger partial charge in [-0.1, -0.05) is 6.92 Å². The third-order valence-electron chi connectivity index (χ3n) is 2.86. The van der Waals surface area contributed by atoms with Crippen LogP contribution in [0.1, 0.15) is 32.6 Å². The lowest BCUT2D eigenvalue weighted by molar-refractivity contribution is -0.125. The molecule has 1 atom stereocenters. The van der Waals surface area contributed by atoms with Gasteiger partial charge in [0.1, 0.15) is 6.61 Å². The van der Waals surface area contributed by atoms with E-state index in [1.165, 1.54) is 12.8 Å². The van der Waals surface area contributed by atoms with Gasteiger partial charge in [-0.25, -0.2) is 0 Å². The van der Waals surface area contributed by atoms with E-state index in [1.807, 2.05) is 6.92 Å². The molecule has 1 heterocycles. The van der Waals surface area contributed by atoms with E-state index < -0.39 is 0 Å². The molecule has 0 spiro atoms. The maximum absolute atomic E-state index is 11.3. The van der Waals surface area contributed by atoms with Crippen molar-refractivity contribution in [2.24, 2.45) is 5.92 Å². The molecule has 0 aromatic heterocycles. The van der Waals surface area contributed by atoms with Gasteiger partial charge in [0, 0.05) is 13.2 Å². The van der Waals surface area contributed by atoms with Gasteiger partial charge in [-0.3, -0.25) is 4.79 Å². The van der Waals surface area contributed by atoms with E-state index in [9.17, 15) is 4.79 Å². The molecule has 4 nitrogen and oxygen atoms in total.